The number of fused-ring (bicyclic) bond motifs is 1. The van der Waals surface area contributed by atoms with Crippen LogP contribution in [-0.4, -0.2) is 28.1 Å². The molecule has 0 unspecified atom stereocenters. The van der Waals surface area contributed by atoms with Crippen LogP contribution < -0.4 is 14.5 Å². The molecule has 2 amide bonds. The molecule has 27 heavy (non-hydrogen) atoms. The summed E-state index contributed by atoms with van der Waals surface area (Å²) < 4.78 is 5.69. The summed E-state index contributed by atoms with van der Waals surface area (Å²) in [6.45, 7) is 2.20. The van der Waals surface area contributed by atoms with Crippen LogP contribution in [0.2, 0.25) is 9.62 Å². The van der Waals surface area contributed by atoms with E-state index in [9.17, 15) is 4.79 Å². The van der Waals surface area contributed by atoms with Crippen LogP contribution in [0, 0.1) is 6.92 Å². The lowest BCUT2D eigenvalue weighted by Gasteiger charge is -2.35. The Morgan fingerprint density at radius 3 is 2.67 bits per heavy atom. The van der Waals surface area contributed by atoms with E-state index < -0.39 is 0 Å². The van der Waals surface area contributed by atoms with E-state index in [2.05, 4.69) is 15.0 Å². The lowest BCUT2D eigenvalue weighted by Crippen LogP contribution is -2.46. The van der Waals surface area contributed by atoms with Crippen LogP contribution in [0.3, 0.4) is 0 Å². The van der Waals surface area contributed by atoms with Gasteiger partial charge >= 0.3 is 6.03 Å². The van der Waals surface area contributed by atoms with Crippen molar-refractivity contribution in [1.82, 2.24) is 15.0 Å². The van der Waals surface area contributed by atoms with Gasteiger partial charge in [-0.2, -0.15) is 4.98 Å². The molecule has 0 aromatic carbocycles. The summed E-state index contributed by atoms with van der Waals surface area (Å²) in [7, 11) is 1.55. The summed E-state index contributed by atoms with van der Waals surface area (Å²) in [5, 5.41) is 1.97. The van der Waals surface area contributed by atoms with Gasteiger partial charge in [0.25, 0.3) is 0 Å². The summed E-state index contributed by atoms with van der Waals surface area (Å²) in [6.07, 6.45) is 3.14. The van der Waals surface area contributed by atoms with Crippen molar-refractivity contribution in [2.45, 2.75) is 13.5 Å². The van der Waals surface area contributed by atoms with Crippen molar-refractivity contribution in [2.24, 2.45) is 0 Å². The van der Waals surface area contributed by atoms with Gasteiger partial charge in [-0.15, -0.1) is 11.3 Å². The van der Waals surface area contributed by atoms with Gasteiger partial charge < -0.3 is 4.74 Å². The zero-order valence-electron chi connectivity index (χ0n) is 14.3. The number of nitrogens with zero attached hydrogens (tertiary/aromatic N) is 5. The summed E-state index contributed by atoms with van der Waals surface area (Å²) in [4.78, 5) is 29.0. The van der Waals surface area contributed by atoms with Crippen molar-refractivity contribution in [3.63, 3.8) is 0 Å². The highest BCUT2D eigenvalue weighted by Crippen LogP contribution is 2.41. The SMILES string of the molecule is COc1ccc(N2C(=O)N(c3c(C)csc3Cl)Cc3cnc(Cl)nc32)nc1. The second-order valence-corrected chi connectivity index (χ2v) is 7.61. The van der Waals surface area contributed by atoms with Gasteiger partial charge in [0.2, 0.25) is 5.28 Å². The van der Waals surface area contributed by atoms with E-state index in [4.69, 9.17) is 27.9 Å². The lowest BCUT2D eigenvalue weighted by molar-refractivity contribution is 0.252. The smallest absolute Gasteiger partial charge is 0.336 e. The normalized spacial score (nSPS) is 13.7. The molecule has 10 heteroatoms. The summed E-state index contributed by atoms with van der Waals surface area (Å²) >= 11 is 13.7. The maximum atomic E-state index is 13.4. The Kier molecular flexibility index (Phi) is 4.63. The first-order chi connectivity index (χ1) is 13.0. The fourth-order valence-electron chi connectivity index (χ4n) is 2.86. The summed E-state index contributed by atoms with van der Waals surface area (Å²) in [5.74, 6) is 1.38. The van der Waals surface area contributed by atoms with E-state index >= 15 is 0 Å². The second-order valence-electron chi connectivity index (χ2n) is 5.79. The summed E-state index contributed by atoms with van der Waals surface area (Å²) in [5.41, 5.74) is 2.32. The van der Waals surface area contributed by atoms with Crippen LogP contribution in [0.1, 0.15) is 11.1 Å². The number of urea groups is 1. The number of hydrogen-bond donors (Lipinski definition) is 0. The summed E-state index contributed by atoms with van der Waals surface area (Å²) in [6, 6.07) is 3.08. The highest BCUT2D eigenvalue weighted by atomic mass is 35.5. The number of thiophene rings is 1. The van der Waals surface area contributed by atoms with Crippen molar-refractivity contribution in [3.05, 3.63) is 50.7 Å². The molecule has 3 aromatic heterocycles. The Morgan fingerprint density at radius 2 is 2.04 bits per heavy atom. The maximum absolute atomic E-state index is 13.4. The molecule has 0 bridgehead atoms. The molecule has 0 N–H and O–H groups in total. The first kappa shape index (κ1) is 18.0. The molecule has 0 aliphatic carbocycles. The fourth-order valence-corrected chi connectivity index (χ4v) is 4.15. The van der Waals surface area contributed by atoms with Crippen molar-refractivity contribution >= 4 is 57.9 Å². The standard InChI is InChI=1S/C17H13Cl2N5O2S/c1-9-8-27-14(18)13(9)23-7-10-5-21-16(19)22-15(10)24(17(23)25)12-4-3-11(26-2)6-20-12/h3-6,8H,7H2,1-2H3. The Bertz CT molecular complexity index is 1010. The lowest BCUT2D eigenvalue weighted by atomic mass is 10.2. The predicted octanol–water partition coefficient (Wildman–Crippen LogP) is 4.84. The molecule has 0 saturated carbocycles. The third kappa shape index (κ3) is 3.09. The minimum atomic E-state index is -0.321. The Labute approximate surface area is 169 Å². The number of halogens is 2. The van der Waals surface area contributed by atoms with Crippen molar-refractivity contribution in [1.29, 1.82) is 0 Å². The molecule has 138 valence electrons. The number of pyridine rings is 1. The quantitative estimate of drug-likeness (QED) is 0.565. The van der Waals surface area contributed by atoms with Gasteiger partial charge in [0, 0.05) is 11.8 Å². The van der Waals surface area contributed by atoms with Crippen LogP contribution in [0.25, 0.3) is 0 Å². The van der Waals surface area contributed by atoms with Crippen molar-refractivity contribution in [2.75, 3.05) is 16.9 Å². The molecule has 4 rings (SSSR count). The molecule has 1 aliphatic rings. The molecular formula is C17H13Cl2N5O2S. The molecular weight excluding hydrogens is 409 g/mol. The topological polar surface area (TPSA) is 71.5 Å². The van der Waals surface area contributed by atoms with Crippen molar-refractivity contribution in [3.8, 4) is 5.75 Å². The molecule has 0 spiro atoms. The molecule has 0 fully saturated rings. The van der Waals surface area contributed by atoms with Gasteiger partial charge in [-0.05, 0) is 41.6 Å². The number of aromatic nitrogens is 3. The van der Waals surface area contributed by atoms with Crippen LogP contribution in [0.4, 0.5) is 22.1 Å². The number of ether oxygens (including phenoxy) is 1. The Morgan fingerprint density at radius 1 is 1.22 bits per heavy atom. The minimum absolute atomic E-state index is 0.0539. The predicted molar refractivity (Wildman–Crippen MR) is 106 cm³/mol. The number of anilines is 3. The van der Waals surface area contributed by atoms with Gasteiger partial charge in [-0.3, -0.25) is 4.90 Å². The van der Waals surface area contributed by atoms with Gasteiger partial charge in [0.15, 0.2) is 5.82 Å². The average Bonchev–Trinajstić information content (AvgIpc) is 3.00. The van der Waals surface area contributed by atoms with E-state index in [-0.39, 0.29) is 17.9 Å². The fraction of sp³-hybridized carbons (Fsp3) is 0.176. The van der Waals surface area contributed by atoms with Crippen LogP contribution in [0.15, 0.2) is 29.9 Å². The molecule has 4 heterocycles. The number of methoxy groups -OCH3 is 1. The maximum Gasteiger partial charge on any atom is 0.336 e. The first-order valence-corrected chi connectivity index (χ1v) is 9.50. The van der Waals surface area contributed by atoms with Gasteiger partial charge in [-0.1, -0.05) is 11.6 Å². The molecule has 1 aliphatic heterocycles. The molecule has 0 atom stereocenters. The number of aryl methyl sites for hydroxylation is 1. The number of hydrogen-bond acceptors (Lipinski definition) is 6. The Hall–Kier alpha value is -2.42. The monoisotopic (exact) mass is 421 g/mol. The molecule has 3 aromatic rings. The largest absolute Gasteiger partial charge is 0.495 e. The van der Waals surface area contributed by atoms with Crippen LogP contribution >= 0.6 is 34.5 Å². The van der Waals surface area contributed by atoms with Crippen LogP contribution in [-0.2, 0) is 6.54 Å². The molecule has 7 nitrogen and oxygen atoms in total. The van der Waals surface area contributed by atoms with E-state index in [0.717, 1.165) is 11.1 Å². The van der Waals surface area contributed by atoms with Crippen LogP contribution in [0.5, 0.6) is 5.75 Å². The van der Waals surface area contributed by atoms with Gasteiger partial charge in [-0.25, -0.2) is 19.7 Å². The first-order valence-electron chi connectivity index (χ1n) is 7.86. The van der Waals surface area contributed by atoms with E-state index in [0.29, 0.717) is 27.4 Å². The number of amides is 2. The number of carbonyl (C=O) groups is 1. The number of rotatable bonds is 3. The Balaban J connectivity index is 1.87. The highest BCUT2D eigenvalue weighted by molar-refractivity contribution is 7.15. The number of carbonyl (C=O) groups excluding carboxylic acids is 1. The third-order valence-electron chi connectivity index (χ3n) is 4.13. The minimum Gasteiger partial charge on any atom is -0.495 e. The second kappa shape index (κ2) is 6.95. The van der Waals surface area contributed by atoms with Gasteiger partial charge in [0.05, 0.1) is 25.5 Å². The highest BCUT2D eigenvalue weighted by Gasteiger charge is 2.36. The average molecular weight is 422 g/mol. The molecule has 0 saturated heterocycles. The van der Waals surface area contributed by atoms with E-state index in [1.165, 1.54) is 22.4 Å². The molecule has 0 radical (unpaired) electrons. The van der Waals surface area contributed by atoms with Crippen molar-refractivity contribution < 1.29 is 9.53 Å². The van der Waals surface area contributed by atoms with E-state index in [1.54, 1.807) is 30.3 Å². The van der Waals surface area contributed by atoms with E-state index in [1.807, 2.05) is 12.3 Å². The zero-order valence-corrected chi connectivity index (χ0v) is 16.6. The zero-order chi connectivity index (χ0) is 19.1. The van der Waals surface area contributed by atoms with Gasteiger partial charge in [0.1, 0.15) is 15.9 Å². The third-order valence-corrected chi connectivity index (χ3v) is 5.63.